The number of nitrogens with zero attached hydrogens (tertiary/aromatic N) is 3. The van der Waals surface area contributed by atoms with Crippen molar-refractivity contribution in [2.45, 2.75) is 26.3 Å². The first-order valence-electron chi connectivity index (χ1n) is 9.31. The van der Waals surface area contributed by atoms with E-state index in [1.165, 1.54) is 5.56 Å². The first-order valence-corrected chi connectivity index (χ1v) is 9.31. The average molecular weight is 392 g/mol. The highest BCUT2D eigenvalue weighted by atomic mass is 16.5. The van der Waals surface area contributed by atoms with E-state index < -0.39 is 0 Å². The molecule has 2 N–H and O–H groups in total. The summed E-state index contributed by atoms with van der Waals surface area (Å²) in [5, 5.41) is 18.8. The van der Waals surface area contributed by atoms with Gasteiger partial charge in [-0.05, 0) is 42.7 Å². The number of benzene rings is 2. The molecule has 1 aromatic heterocycles. The first-order chi connectivity index (χ1) is 14.0. The number of aromatic nitrogens is 2. The molecule has 2 heterocycles. The Morgan fingerprint density at radius 2 is 1.83 bits per heavy atom. The zero-order valence-electron chi connectivity index (χ0n) is 16.7. The first kappa shape index (κ1) is 20.4. The monoisotopic (exact) mass is 392 g/mol. The van der Waals surface area contributed by atoms with Gasteiger partial charge in [0.2, 0.25) is 5.89 Å². The highest BCUT2D eigenvalue weighted by Crippen LogP contribution is 2.31. The fourth-order valence-electron chi connectivity index (χ4n) is 3.46. The summed E-state index contributed by atoms with van der Waals surface area (Å²) in [4.78, 5) is 18.9. The Balaban J connectivity index is 0.00000117. The Labute approximate surface area is 169 Å². The lowest BCUT2D eigenvalue weighted by Gasteiger charge is -2.21. The van der Waals surface area contributed by atoms with Crippen molar-refractivity contribution in [3.8, 4) is 11.1 Å². The third-order valence-electron chi connectivity index (χ3n) is 4.85. The van der Waals surface area contributed by atoms with Crippen LogP contribution in [0, 0.1) is 19.3 Å². The summed E-state index contributed by atoms with van der Waals surface area (Å²) in [6, 6.07) is 15.4. The van der Waals surface area contributed by atoms with Crippen LogP contribution in [0.3, 0.4) is 0 Å². The van der Waals surface area contributed by atoms with Crippen molar-refractivity contribution in [2.24, 2.45) is 0 Å². The Morgan fingerprint density at radius 3 is 2.45 bits per heavy atom. The van der Waals surface area contributed by atoms with Crippen LogP contribution in [0.15, 0.2) is 53.1 Å². The van der Waals surface area contributed by atoms with Crippen molar-refractivity contribution in [3.63, 3.8) is 0 Å². The van der Waals surface area contributed by atoms with Gasteiger partial charge in [-0.3, -0.25) is 4.79 Å². The highest BCUT2D eigenvalue weighted by molar-refractivity contribution is 6.00. The van der Waals surface area contributed by atoms with Gasteiger partial charge in [0.25, 0.3) is 5.91 Å². The number of aliphatic hydroxyl groups is 1. The maximum atomic E-state index is 13.0. The molecule has 0 spiro atoms. The Morgan fingerprint density at radius 1 is 1.14 bits per heavy atom. The third kappa shape index (κ3) is 4.25. The molecule has 1 saturated heterocycles. The molecule has 1 fully saturated rings. The number of rotatable bonds is 3. The molecule has 7 heteroatoms. The largest absolute Gasteiger partial charge is 0.400 e. The van der Waals surface area contributed by atoms with Crippen molar-refractivity contribution < 1.29 is 14.4 Å². The van der Waals surface area contributed by atoms with Gasteiger partial charge in [0, 0.05) is 24.8 Å². The molecule has 4 rings (SSSR count). The van der Waals surface area contributed by atoms with E-state index in [1.54, 1.807) is 11.8 Å². The van der Waals surface area contributed by atoms with Crippen molar-refractivity contribution in [1.82, 2.24) is 15.0 Å². The predicted molar refractivity (Wildman–Crippen MR) is 110 cm³/mol. The summed E-state index contributed by atoms with van der Waals surface area (Å²) >= 11 is 0. The van der Waals surface area contributed by atoms with Gasteiger partial charge in [-0.2, -0.15) is 4.98 Å². The smallest absolute Gasteiger partial charge is 0.254 e. The van der Waals surface area contributed by atoms with Crippen LogP contribution in [0.1, 0.15) is 40.1 Å². The second-order valence-electron chi connectivity index (χ2n) is 6.83. The lowest BCUT2D eigenvalue weighted by atomic mass is 9.99. The summed E-state index contributed by atoms with van der Waals surface area (Å²) < 4.78 is 5.25. The lowest BCUT2D eigenvalue weighted by molar-refractivity contribution is 0.0713. The van der Waals surface area contributed by atoms with E-state index >= 15 is 0 Å². The van der Waals surface area contributed by atoms with Gasteiger partial charge in [-0.25, -0.2) is 0 Å². The number of likely N-dealkylation sites (tertiary alicyclic amines) is 1. The third-order valence-corrected chi connectivity index (χ3v) is 4.85. The minimum atomic E-state index is -0.373. The Hall–Kier alpha value is -3.32. The molecule has 3 aromatic rings. The molecule has 0 bridgehead atoms. The average Bonchev–Trinajstić information content (AvgIpc) is 3.35. The zero-order valence-corrected chi connectivity index (χ0v) is 16.7. The van der Waals surface area contributed by atoms with E-state index in [0.29, 0.717) is 29.4 Å². The Kier molecular flexibility index (Phi) is 6.19. The van der Waals surface area contributed by atoms with E-state index in [1.807, 2.05) is 36.4 Å². The number of carbonyl (C=O) groups is 1. The fraction of sp³-hybridized carbons (Fsp3) is 0.273. The van der Waals surface area contributed by atoms with Crippen molar-refractivity contribution in [2.75, 3.05) is 13.7 Å². The molecule has 0 aliphatic carbocycles. The number of hydrogen-bond donors (Lipinski definition) is 2. The molecule has 0 radical (unpaired) electrons. The SMILES string of the molecule is CO.Cc1noc([C@@H]2CC(=N)CN2C(=O)c2ccc(-c3ccccc3C)cc2)n1. The normalized spacial score (nSPS) is 15.8. The number of aryl methyl sites for hydroxylation is 2. The minimum Gasteiger partial charge on any atom is -0.400 e. The van der Waals surface area contributed by atoms with Crippen LogP contribution in [-0.4, -0.2) is 45.4 Å². The summed E-state index contributed by atoms with van der Waals surface area (Å²) in [6.45, 7) is 4.09. The Bertz CT molecular complexity index is 1010. The molecule has 150 valence electrons. The number of carbonyl (C=O) groups excluding carboxylic acids is 1. The van der Waals surface area contributed by atoms with Crippen LogP contribution in [-0.2, 0) is 0 Å². The van der Waals surface area contributed by atoms with Gasteiger partial charge < -0.3 is 19.9 Å². The molecule has 1 atom stereocenters. The lowest BCUT2D eigenvalue weighted by Crippen LogP contribution is -2.31. The molecule has 1 aliphatic heterocycles. The second kappa shape index (κ2) is 8.79. The zero-order chi connectivity index (χ0) is 21.0. The van der Waals surface area contributed by atoms with Crippen LogP contribution < -0.4 is 0 Å². The van der Waals surface area contributed by atoms with Gasteiger partial charge in [0.05, 0.1) is 6.54 Å². The van der Waals surface area contributed by atoms with Crippen LogP contribution in [0.5, 0.6) is 0 Å². The topological polar surface area (TPSA) is 103 Å². The van der Waals surface area contributed by atoms with Gasteiger partial charge in [-0.1, -0.05) is 41.6 Å². The molecule has 1 aliphatic rings. The van der Waals surface area contributed by atoms with E-state index in [9.17, 15) is 4.79 Å². The van der Waals surface area contributed by atoms with Crippen LogP contribution in [0.4, 0.5) is 0 Å². The quantitative estimate of drug-likeness (QED) is 0.709. The van der Waals surface area contributed by atoms with E-state index in [2.05, 4.69) is 29.2 Å². The minimum absolute atomic E-state index is 0.130. The molecule has 7 nitrogen and oxygen atoms in total. The van der Waals surface area contributed by atoms with Gasteiger partial charge in [0.15, 0.2) is 5.82 Å². The molecular formula is C22H24N4O3. The maximum Gasteiger partial charge on any atom is 0.254 e. The van der Waals surface area contributed by atoms with Crippen molar-refractivity contribution >= 4 is 11.6 Å². The van der Waals surface area contributed by atoms with Gasteiger partial charge >= 0.3 is 0 Å². The number of amides is 1. The predicted octanol–water partition coefficient (Wildman–Crippen LogP) is 3.57. The summed E-state index contributed by atoms with van der Waals surface area (Å²) in [5.74, 6) is 0.785. The van der Waals surface area contributed by atoms with Crippen LogP contribution >= 0.6 is 0 Å². The van der Waals surface area contributed by atoms with Gasteiger partial charge in [0.1, 0.15) is 6.04 Å². The summed E-state index contributed by atoms with van der Waals surface area (Å²) in [7, 11) is 1.00. The van der Waals surface area contributed by atoms with E-state index in [4.69, 9.17) is 15.0 Å². The molecular weight excluding hydrogens is 368 g/mol. The highest BCUT2D eigenvalue weighted by Gasteiger charge is 2.37. The van der Waals surface area contributed by atoms with Gasteiger partial charge in [-0.15, -0.1) is 0 Å². The van der Waals surface area contributed by atoms with E-state index in [0.717, 1.165) is 18.2 Å². The molecule has 1 amide bonds. The van der Waals surface area contributed by atoms with Crippen LogP contribution in [0.2, 0.25) is 0 Å². The number of nitrogens with one attached hydrogen (secondary N) is 1. The fourth-order valence-corrected chi connectivity index (χ4v) is 3.46. The molecule has 2 aromatic carbocycles. The van der Waals surface area contributed by atoms with Crippen LogP contribution in [0.25, 0.3) is 11.1 Å². The molecule has 0 unspecified atom stereocenters. The van der Waals surface area contributed by atoms with Crippen molar-refractivity contribution in [3.05, 3.63) is 71.4 Å². The molecule has 29 heavy (non-hydrogen) atoms. The maximum absolute atomic E-state index is 13.0. The second-order valence-corrected chi connectivity index (χ2v) is 6.83. The van der Waals surface area contributed by atoms with Crippen molar-refractivity contribution in [1.29, 1.82) is 5.41 Å². The molecule has 0 saturated carbocycles. The number of aliphatic hydroxyl groups excluding tert-OH is 1. The summed E-state index contributed by atoms with van der Waals surface area (Å²) in [6.07, 6.45) is 0.425. The van der Waals surface area contributed by atoms with E-state index in [-0.39, 0.29) is 18.5 Å². The number of hydrogen-bond acceptors (Lipinski definition) is 6. The summed E-state index contributed by atoms with van der Waals surface area (Å²) in [5.41, 5.74) is 4.49. The standard InChI is InChI=1S/C21H20N4O2.CH4O/c1-13-5-3-4-6-18(13)15-7-9-16(10-8-15)21(26)25-12-17(22)11-19(25)20-23-14(2)24-27-20;1-2/h3-10,19,22H,11-12H2,1-2H3;2H,1H3/t19-;/m0./s1.